The van der Waals surface area contributed by atoms with Crippen molar-refractivity contribution in [1.82, 2.24) is 4.98 Å². The Labute approximate surface area is 111 Å². The van der Waals surface area contributed by atoms with Crippen LogP contribution < -0.4 is 15.8 Å². The molecule has 0 aliphatic rings. The van der Waals surface area contributed by atoms with E-state index in [0.29, 0.717) is 23.1 Å². The summed E-state index contributed by atoms with van der Waals surface area (Å²) in [7, 11) is 0. The number of hydrogen-bond acceptors (Lipinski definition) is 4. The number of rotatable bonds is 4. The topological polar surface area (TPSA) is 60.2 Å². The van der Waals surface area contributed by atoms with E-state index in [1.165, 1.54) is 0 Å². The highest BCUT2D eigenvalue weighted by atomic mass is 35.5. The van der Waals surface area contributed by atoms with Crippen LogP contribution in [0, 0.1) is 0 Å². The molecule has 18 heavy (non-hydrogen) atoms. The number of halogens is 1. The summed E-state index contributed by atoms with van der Waals surface area (Å²) in [6.45, 7) is 2.57. The first kappa shape index (κ1) is 12.5. The van der Waals surface area contributed by atoms with Crippen LogP contribution in [0.25, 0.3) is 0 Å². The van der Waals surface area contributed by atoms with Crippen LogP contribution >= 0.6 is 11.6 Å². The van der Waals surface area contributed by atoms with Gasteiger partial charge in [-0.25, -0.2) is 4.98 Å². The fraction of sp³-hybridized carbons (Fsp3) is 0.154. The Bertz CT molecular complexity index is 546. The average molecular weight is 264 g/mol. The van der Waals surface area contributed by atoms with E-state index in [1.807, 2.05) is 31.2 Å². The van der Waals surface area contributed by atoms with E-state index in [0.717, 1.165) is 11.4 Å². The first-order chi connectivity index (χ1) is 8.69. The zero-order valence-electron chi connectivity index (χ0n) is 9.98. The highest BCUT2D eigenvalue weighted by Gasteiger charge is 2.03. The number of hydrogen-bond donors (Lipinski definition) is 2. The van der Waals surface area contributed by atoms with E-state index in [9.17, 15) is 0 Å². The third kappa shape index (κ3) is 3.05. The molecule has 1 aromatic carbocycles. The predicted molar refractivity (Wildman–Crippen MR) is 74.6 cm³/mol. The molecule has 2 aromatic rings. The molecule has 0 radical (unpaired) electrons. The lowest BCUT2D eigenvalue weighted by Gasteiger charge is -2.10. The highest BCUT2D eigenvalue weighted by Crippen LogP contribution is 2.25. The van der Waals surface area contributed by atoms with Crippen LogP contribution in [-0.4, -0.2) is 11.6 Å². The van der Waals surface area contributed by atoms with Crippen LogP contribution in [0.2, 0.25) is 5.02 Å². The van der Waals surface area contributed by atoms with Crippen LogP contribution in [-0.2, 0) is 0 Å². The normalized spacial score (nSPS) is 10.1. The molecule has 0 saturated carbocycles. The Kier molecular flexibility index (Phi) is 3.89. The minimum atomic E-state index is 0.504. The number of ether oxygens (including phenoxy) is 1. The molecule has 0 spiro atoms. The van der Waals surface area contributed by atoms with Gasteiger partial charge in [0.15, 0.2) is 5.82 Å². The second kappa shape index (κ2) is 5.60. The summed E-state index contributed by atoms with van der Waals surface area (Å²) in [5.41, 5.74) is 7.19. The highest BCUT2D eigenvalue weighted by molar-refractivity contribution is 6.30. The van der Waals surface area contributed by atoms with Gasteiger partial charge >= 0.3 is 0 Å². The summed E-state index contributed by atoms with van der Waals surface area (Å²) in [6.07, 6.45) is 1.55. The van der Waals surface area contributed by atoms with Crippen molar-refractivity contribution in [2.45, 2.75) is 6.92 Å². The van der Waals surface area contributed by atoms with E-state index in [4.69, 9.17) is 22.1 Å². The molecule has 1 aromatic heterocycles. The lowest BCUT2D eigenvalue weighted by Crippen LogP contribution is -1.99. The van der Waals surface area contributed by atoms with Gasteiger partial charge < -0.3 is 15.8 Å². The van der Waals surface area contributed by atoms with Gasteiger partial charge in [-0.2, -0.15) is 0 Å². The van der Waals surface area contributed by atoms with Crippen molar-refractivity contribution >= 4 is 28.8 Å². The second-order valence-corrected chi connectivity index (χ2v) is 4.11. The van der Waals surface area contributed by atoms with Gasteiger partial charge in [-0.1, -0.05) is 17.7 Å². The van der Waals surface area contributed by atoms with Crippen molar-refractivity contribution in [3.05, 3.63) is 41.6 Å². The summed E-state index contributed by atoms with van der Waals surface area (Å²) in [5.74, 6) is 1.38. The number of nitrogens with two attached hydrogens (primary N) is 1. The Morgan fingerprint density at radius 2 is 2.22 bits per heavy atom. The smallest absolute Gasteiger partial charge is 0.153 e. The summed E-state index contributed by atoms with van der Waals surface area (Å²) in [6, 6.07) is 9.26. The van der Waals surface area contributed by atoms with Crippen molar-refractivity contribution in [3.63, 3.8) is 0 Å². The maximum atomic E-state index is 5.83. The molecule has 1 heterocycles. The van der Waals surface area contributed by atoms with E-state index < -0.39 is 0 Å². The second-order valence-electron chi connectivity index (χ2n) is 3.68. The molecule has 3 N–H and O–H groups in total. The zero-order valence-corrected chi connectivity index (χ0v) is 10.7. The molecule has 5 heteroatoms. The Morgan fingerprint density at radius 3 is 2.94 bits per heavy atom. The molecule has 0 fully saturated rings. The molecular weight excluding hydrogens is 250 g/mol. The number of aromatic nitrogens is 1. The van der Waals surface area contributed by atoms with Crippen molar-refractivity contribution in [2.75, 3.05) is 17.7 Å². The van der Waals surface area contributed by atoms with Gasteiger partial charge in [0.05, 0.1) is 17.3 Å². The molecule has 4 nitrogen and oxygen atoms in total. The van der Waals surface area contributed by atoms with Gasteiger partial charge in [0, 0.05) is 18.0 Å². The Hall–Kier alpha value is -1.94. The van der Waals surface area contributed by atoms with E-state index in [2.05, 4.69) is 10.3 Å². The molecule has 0 bridgehead atoms. The molecule has 0 amide bonds. The molecule has 0 atom stereocenters. The molecule has 2 rings (SSSR count). The molecule has 0 aliphatic heterocycles. The lowest BCUT2D eigenvalue weighted by molar-refractivity contribution is 0.340. The minimum absolute atomic E-state index is 0.504. The summed E-state index contributed by atoms with van der Waals surface area (Å²) < 4.78 is 5.42. The van der Waals surface area contributed by atoms with Gasteiger partial charge in [-0.05, 0) is 25.1 Å². The Balaban J connectivity index is 2.20. The predicted octanol–water partition coefficient (Wildman–Crippen LogP) is 3.46. The van der Waals surface area contributed by atoms with Gasteiger partial charge in [0.2, 0.25) is 0 Å². The van der Waals surface area contributed by atoms with Crippen molar-refractivity contribution in [2.24, 2.45) is 0 Å². The van der Waals surface area contributed by atoms with Crippen LogP contribution in [0.15, 0.2) is 36.5 Å². The first-order valence-corrected chi connectivity index (χ1v) is 5.97. The van der Waals surface area contributed by atoms with Gasteiger partial charge in [0.1, 0.15) is 5.75 Å². The fourth-order valence-electron chi connectivity index (χ4n) is 1.53. The van der Waals surface area contributed by atoms with Gasteiger partial charge in [-0.15, -0.1) is 0 Å². The number of nitrogens with one attached hydrogen (secondary N) is 1. The zero-order chi connectivity index (χ0) is 13.0. The van der Waals surface area contributed by atoms with Crippen LogP contribution in [0.4, 0.5) is 17.2 Å². The van der Waals surface area contributed by atoms with Crippen LogP contribution in [0.5, 0.6) is 5.75 Å². The number of anilines is 3. The van der Waals surface area contributed by atoms with Gasteiger partial charge in [-0.3, -0.25) is 0 Å². The summed E-state index contributed by atoms with van der Waals surface area (Å²) in [4.78, 5) is 4.14. The quantitative estimate of drug-likeness (QED) is 0.887. The van der Waals surface area contributed by atoms with E-state index >= 15 is 0 Å². The largest absolute Gasteiger partial charge is 0.494 e. The molecule has 0 saturated heterocycles. The minimum Gasteiger partial charge on any atom is -0.494 e. The molecule has 94 valence electrons. The molecule has 0 aliphatic carbocycles. The van der Waals surface area contributed by atoms with Crippen molar-refractivity contribution in [1.29, 1.82) is 0 Å². The summed E-state index contributed by atoms with van der Waals surface area (Å²) in [5, 5.41) is 3.64. The monoisotopic (exact) mass is 263 g/mol. The number of nitrogens with zero attached hydrogens (tertiary/aromatic N) is 1. The SMILES string of the molecule is CCOc1cccc(Nc2ncc(Cl)cc2N)c1. The third-order valence-electron chi connectivity index (χ3n) is 2.29. The molecule has 0 unspecified atom stereocenters. The standard InChI is InChI=1S/C13H14ClN3O/c1-2-18-11-5-3-4-10(7-11)17-13-12(15)6-9(14)8-16-13/h3-8H,2,15H2,1H3,(H,16,17). The maximum absolute atomic E-state index is 5.83. The Morgan fingerprint density at radius 1 is 1.39 bits per heavy atom. The number of nitrogen functional groups attached to an aromatic ring is 1. The maximum Gasteiger partial charge on any atom is 0.153 e. The van der Waals surface area contributed by atoms with Crippen molar-refractivity contribution < 1.29 is 4.74 Å². The summed E-state index contributed by atoms with van der Waals surface area (Å²) >= 11 is 5.80. The third-order valence-corrected chi connectivity index (χ3v) is 2.50. The van der Waals surface area contributed by atoms with Crippen molar-refractivity contribution in [3.8, 4) is 5.75 Å². The average Bonchev–Trinajstić information content (AvgIpc) is 2.34. The number of pyridine rings is 1. The van der Waals surface area contributed by atoms with E-state index in [-0.39, 0.29) is 0 Å². The van der Waals surface area contributed by atoms with Crippen LogP contribution in [0.1, 0.15) is 6.92 Å². The number of benzene rings is 1. The van der Waals surface area contributed by atoms with Gasteiger partial charge in [0.25, 0.3) is 0 Å². The lowest BCUT2D eigenvalue weighted by atomic mass is 10.3. The van der Waals surface area contributed by atoms with E-state index in [1.54, 1.807) is 12.3 Å². The molecular formula is C13H14ClN3O. The fourth-order valence-corrected chi connectivity index (χ4v) is 1.69. The first-order valence-electron chi connectivity index (χ1n) is 5.60. The van der Waals surface area contributed by atoms with Crippen LogP contribution in [0.3, 0.4) is 0 Å².